The van der Waals surface area contributed by atoms with Crippen molar-refractivity contribution in [1.82, 2.24) is 0 Å². The molecule has 0 aliphatic heterocycles. The van der Waals surface area contributed by atoms with E-state index in [-0.39, 0.29) is 23.5 Å². The van der Waals surface area contributed by atoms with Gasteiger partial charge in [0.1, 0.15) is 5.75 Å². The quantitative estimate of drug-likeness (QED) is 0.809. The number of thioether (sulfide) groups is 1. The minimum absolute atomic E-state index is 0.0158. The average molecular weight is 291 g/mol. The van der Waals surface area contributed by atoms with Crippen LogP contribution in [0.3, 0.4) is 0 Å². The second-order valence-electron chi connectivity index (χ2n) is 3.63. The number of ether oxygens (including phenoxy) is 1. The second kappa shape index (κ2) is 7.96. The number of aliphatic hydroxyl groups is 1. The van der Waals surface area contributed by atoms with Gasteiger partial charge in [-0.15, -0.1) is 11.8 Å². The molecule has 1 amide bonds. The first-order valence-electron chi connectivity index (χ1n) is 5.61. The molecule has 1 rings (SSSR count). The van der Waals surface area contributed by atoms with E-state index < -0.39 is 6.61 Å². The number of anilines is 1. The zero-order valence-electron chi connectivity index (χ0n) is 10.3. The Labute approximate surface area is 114 Å². The third-order valence-electron chi connectivity index (χ3n) is 2.18. The predicted molar refractivity (Wildman–Crippen MR) is 70.7 cm³/mol. The van der Waals surface area contributed by atoms with Gasteiger partial charge < -0.3 is 15.2 Å². The van der Waals surface area contributed by atoms with Gasteiger partial charge in [-0.05, 0) is 31.2 Å². The fraction of sp³-hybridized carbons (Fsp3) is 0.417. The first-order valence-corrected chi connectivity index (χ1v) is 6.66. The molecule has 0 spiro atoms. The molecule has 1 aromatic carbocycles. The lowest BCUT2D eigenvalue weighted by Gasteiger charge is -2.11. The first kappa shape index (κ1) is 15.7. The standard InChI is InChI=1S/C12H15F2NO3S/c1-8(19-7-6-16)11(17)15-9-2-4-10(5-3-9)18-12(13)14/h2-5,8,12,16H,6-7H2,1H3,(H,15,17)/t8-/m0/s1. The van der Waals surface area contributed by atoms with Crippen molar-refractivity contribution in [2.75, 3.05) is 17.7 Å². The molecule has 0 radical (unpaired) electrons. The zero-order valence-corrected chi connectivity index (χ0v) is 11.1. The van der Waals surface area contributed by atoms with Gasteiger partial charge in [0.2, 0.25) is 5.91 Å². The highest BCUT2D eigenvalue weighted by molar-refractivity contribution is 8.00. The molecular weight excluding hydrogens is 276 g/mol. The molecule has 0 unspecified atom stereocenters. The lowest BCUT2D eigenvalue weighted by Crippen LogP contribution is -2.23. The van der Waals surface area contributed by atoms with E-state index in [9.17, 15) is 13.6 Å². The monoisotopic (exact) mass is 291 g/mol. The van der Waals surface area contributed by atoms with E-state index in [4.69, 9.17) is 5.11 Å². The number of hydrogen-bond acceptors (Lipinski definition) is 4. The van der Waals surface area contributed by atoms with Crippen molar-refractivity contribution < 1.29 is 23.4 Å². The van der Waals surface area contributed by atoms with Gasteiger partial charge in [0.25, 0.3) is 0 Å². The summed E-state index contributed by atoms with van der Waals surface area (Å²) in [4.78, 5) is 11.7. The summed E-state index contributed by atoms with van der Waals surface area (Å²) in [7, 11) is 0. The largest absolute Gasteiger partial charge is 0.435 e. The van der Waals surface area contributed by atoms with Gasteiger partial charge >= 0.3 is 6.61 Å². The van der Waals surface area contributed by atoms with Crippen LogP contribution in [0.2, 0.25) is 0 Å². The van der Waals surface area contributed by atoms with Gasteiger partial charge in [-0.1, -0.05) is 0 Å². The number of benzene rings is 1. The number of rotatable bonds is 7. The Bertz CT molecular complexity index is 400. The highest BCUT2D eigenvalue weighted by atomic mass is 32.2. The summed E-state index contributed by atoms with van der Waals surface area (Å²) in [5.74, 6) is 0.312. The van der Waals surface area contributed by atoms with Crippen LogP contribution in [0, 0.1) is 0 Å². The average Bonchev–Trinajstić information content (AvgIpc) is 2.37. The van der Waals surface area contributed by atoms with Crippen LogP contribution >= 0.6 is 11.8 Å². The number of nitrogens with one attached hydrogen (secondary N) is 1. The molecule has 1 aromatic rings. The lowest BCUT2D eigenvalue weighted by atomic mass is 10.3. The van der Waals surface area contributed by atoms with E-state index in [0.29, 0.717) is 11.4 Å². The second-order valence-corrected chi connectivity index (χ2v) is 5.08. The maximum Gasteiger partial charge on any atom is 0.387 e. The number of hydrogen-bond donors (Lipinski definition) is 2. The number of amides is 1. The van der Waals surface area contributed by atoms with Gasteiger partial charge in [0.05, 0.1) is 11.9 Å². The molecule has 4 nitrogen and oxygen atoms in total. The fourth-order valence-electron chi connectivity index (χ4n) is 1.27. The van der Waals surface area contributed by atoms with Crippen LogP contribution < -0.4 is 10.1 Å². The summed E-state index contributed by atoms with van der Waals surface area (Å²) in [6.45, 7) is -1.12. The van der Waals surface area contributed by atoms with Crippen LogP contribution in [0.4, 0.5) is 14.5 Å². The van der Waals surface area contributed by atoms with Gasteiger partial charge in [-0.2, -0.15) is 8.78 Å². The molecule has 0 aliphatic rings. The number of carbonyl (C=O) groups is 1. The Morgan fingerprint density at radius 1 is 1.42 bits per heavy atom. The Hall–Kier alpha value is -1.34. The van der Waals surface area contributed by atoms with Crippen LogP contribution in [0.1, 0.15) is 6.92 Å². The summed E-state index contributed by atoms with van der Waals surface area (Å²) < 4.78 is 28.1. The van der Waals surface area contributed by atoms with Crippen LogP contribution in [-0.4, -0.2) is 35.2 Å². The van der Waals surface area contributed by atoms with Gasteiger partial charge in [0, 0.05) is 11.4 Å². The summed E-state index contributed by atoms with van der Waals surface area (Å²) in [5.41, 5.74) is 0.503. The van der Waals surface area contributed by atoms with E-state index in [1.54, 1.807) is 6.92 Å². The molecule has 0 aliphatic carbocycles. The van der Waals surface area contributed by atoms with Crippen molar-refractivity contribution in [2.24, 2.45) is 0 Å². The molecule has 0 saturated carbocycles. The Kier molecular flexibility index (Phi) is 6.58. The number of aliphatic hydroxyl groups excluding tert-OH is 1. The van der Waals surface area contributed by atoms with Crippen LogP contribution in [0.15, 0.2) is 24.3 Å². The fourth-order valence-corrected chi connectivity index (χ4v) is 1.94. The molecule has 1 atom stereocenters. The highest BCUT2D eigenvalue weighted by Crippen LogP contribution is 2.19. The summed E-state index contributed by atoms with van der Waals surface area (Å²) in [5, 5.41) is 11.0. The van der Waals surface area contributed by atoms with E-state index in [0.717, 1.165) is 0 Å². The van der Waals surface area contributed by atoms with Crippen LogP contribution in [-0.2, 0) is 4.79 Å². The number of carbonyl (C=O) groups excluding carboxylic acids is 1. The minimum atomic E-state index is -2.87. The molecule has 0 bridgehead atoms. The van der Waals surface area contributed by atoms with Crippen molar-refractivity contribution >= 4 is 23.4 Å². The van der Waals surface area contributed by atoms with Crippen molar-refractivity contribution in [3.8, 4) is 5.75 Å². The zero-order chi connectivity index (χ0) is 14.3. The molecule has 0 aromatic heterocycles. The molecule has 0 saturated heterocycles. The maximum absolute atomic E-state index is 11.9. The van der Waals surface area contributed by atoms with E-state index in [1.165, 1.54) is 36.0 Å². The van der Waals surface area contributed by atoms with Gasteiger partial charge in [-0.3, -0.25) is 4.79 Å². The summed E-state index contributed by atoms with van der Waals surface area (Å²) in [6.07, 6.45) is 0. The molecule has 7 heteroatoms. The SMILES string of the molecule is C[C@H](SCCO)C(=O)Nc1ccc(OC(F)F)cc1. The van der Waals surface area contributed by atoms with Gasteiger partial charge in [-0.25, -0.2) is 0 Å². The van der Waals surface area contributed by atoms with Gasteiger partial charge in [0.15, 0.2) is 0 Å². The van der Waals surface area contributed by atoms with E-state index in [2.05, 4.69) is 10.1 Å². The Morgan fingerprint density at radius 3 is 2.58 bits per heavy atom. The van der Waals surface area contributed by atoms with Crippen molar-refractivity contribution in [3.63, 3.8) is 0 Å². The van der Waals surface area contributed by atoms with Crippen LogP contribution in [0.25, 0.3) is 0 Å². The molecule has 2 N–H and O–H groups in total. The number of halogens is 2. The van der Waals surface area contributed by atoms with Crippen molar-refractivity contribution in [1.29, 1.82) is 0 Å². The van der Waals surface area contributed by atoms with Crippen LogP contribution in [0.5, 0.6) is 5.75 Å². The third kappa shape index (κ3) is 5.89. The van der Waals surface area contributed by atoms with E-state index >= 15 is 0 Å². The molecule has 0 heterocycles. The summed E-state index contributed by atoms with van der Waals surface area (Å²) >= 11 is 1.33. The molecule has 106 valence electrons. The summed E-state index contributed by atoms with van der Waals surface area (Å²) in [6, 6.07) is 5.68. The topological polar surface area (TPSA) is 58.6 Å². The third-order valence-corrected chi connectivity index (χ3v) is 3.31. The Balaban J connectivity index is 2.50. The first-order chi connectivity index (χ1) is 9.02. The molecule has 0 fully saturated rings. The normalized spacial score (nSPS) is 12.3. The van der Waals surface area contributed by atoms with E-state index in [1.807, 2.05) is 0 Å². The molecule has 19 heavy (non-hydrogen) atoms. The van der Waals surface area contributed by atoms with Crippen molar-refractivity contribution in [2.45, 2.75) is 18.8 Å². The predicted octanol–water partition coefficient (Wildman–Crippen LogP) is 2.34. The van der Waals surface area contributed by atoms with Crippen molar-refractivity contribution in [3.05, 3.63) is 24.3 Å². The smallest absolute Gasteiger partial charge is 0.387 e. The minimum Gasteiger partial charge on any atom is -0.435 e. The highest BCUT2D eigenvalue weighted by Gasteiger charge is 2.13. The Morgan fingerprint density at radius 2 is 2.05 bits per heavy atom. The maximum atomic E-state index is 11.9. The lowest BCUT2D eigenvalue weighted by molar-refractivity contribution is -0.115. The molecular formula is C12H15F2NO3S. The number of alkyl halides is 2.